The first-order chi connectivity index (χ1) is 13.3. The lowest BCUT2D eigenvalue weighted by molar-refractivity contribution is 0.0997. The van der Waals surface area contributed by atoms with Crippen LogP contribution in [0.2, 0.25) is 0 Å². The van der Waals surface area contributed by atoms with E-state index in [2.05, 4.69) is 5.32 Å². The lowest BCUT2D eigenvalue weighted by Gasteiger charge is -2.26. The second-order valence-corrected chi connectivity index (χ2v) is 7.80. The molecule has 0 spiro atoms. The normalized spacial score (nSPS) is 13.0. The number of hydrogen-bond acceptors (Lipinski definition) is 5. The number of ether oxygens (including phenoxy) is 1. The molecule has 0 saturated carbocycles. The Bertz CT molecular complexity index is 951. The third-order valence-corrected chi connectivity index (χ3v) is 5.96. The van der Waals surface area contributed by atoms with E-state index in [4.69, 9.17) is 10.5 Å². The van der Waals surface area contributed by atoms with E-state index >= 15 is 0 Å². The maximum absolute atomic E-state index is 12.7. The summed E-state index contributed by atoms with van der Waals surface area (Å²) >= 11 is 1.28. The Hall–Kier alpha value is -2.87. The van der Waals surface area contributed by atoms with Crippen LogP contribution < -0.4 is 11.1 Å². The van der Waals surface area contributed by atoms with Crippen LogP contribution in [-0.2, 0) is 17.7 Å². The fraction of sp³-hybridized carbons (Fsp3) is 0.350. The molecule has 1 aromatic carbocycles. The van der Waals surface area contributed by atoms with E-state index in [9.17, 15) is 14.4 Å². The van der Waals surface area contributed by atoms with Crippen molar-refractivity contribution in [1.29, 1.82) is 0 Å². The number of anilines is 1. The Labute approximate surface area is 167 Å². The molecule has 8 heteroatoms. The van der Waals surface area contributed by atoms with E-state index in [0.717, 1.165) is 21.6 Å². The first-order valence-electron chi connectivity index (χ1n) is 9.06. The summed E-state index contributed by atoms with van der Waals surface area (Å²) in [6.45, 7) is 6.74. The molecule has 0 atom stereocenters. The highest BCUT2D eigenvalue weighted by Crippen LogP contribution is 2.37. The number of aryl methyl sites for hydroxylation is 2. The minimum atomic E-state index is -0.586. The van der Waals surface area contributed by atoms with Gasteiger partial charge in [0, 0.05) is 17.0 Å². The fourth-order valence-corrected chi connectivity index (χ4v) is 4.44. The summed E-state index contributed by atoms with van der Waals surface area (Å²) in [6, 6.07) is 5.44. The predicted octanol–water partition coefficient (Wildman–Crippen LogP) is 3.23. The van der Waals surface area contributed by atoms with E-state index < -0.39 is 5.91 Å². The first-order valence-corrected chi connectivity index (χ1v) is 9.88. The van der Waals surface area contributed by atoms with E-state index in [1.54, 1.807) is 17.9 Å². The number of primary amides is 1. The molecule has 0 unspecified atom stereocenters. The quantitative estimate of drug-likeness (QED) is 0.821. The van der Waals surface area contributed by atoms with Crippen molar-refractivity contribution in [3.05, 3.63) is 50.9 Å². The monoisotopic (exact) mass is 401 g/mol. The van der Waals surface area contributed by atoms with Crippen molar-refractivity contribution in [1.82, 2.24) is 4.90 Å². The zero-order chi connectivity index (χ0) is 20.4. The van der Waals surface area contributed by atoms with Gasteiger partial charge in [0.25, 0.3) is 11.8 Å². The first kappa shape index (κ1) is 19.9. The summed E-state index contributed by atoms with van der Waals surface area (Å²) in [5.41, 5.74) is 9.35. The highest BCUT2D eigenvalue weighted by atomic mass is 32.1. The van der Waals surface area contributed by atoms with Crippen molar-refractivity contribution in [2.45, 2.75) is 33.7 Å². The molecule has 1 aliphatic heterocycles. The highest BCUT2D eigenvalue weighted by molar-refractivity contribution is 7.17. The SMILES string of the molecule is CCOC(=O)N1CCc2c(sc(NC(=O)c3ccc(C)c(C)c3)c2C(N)=O)C1. The Kier molecular flexibility index (Phi) is 5.69. The van der Waals surface area contributed by atoms with Gasteiger partial charge in [0.05, 0.1) is 18.7 Å². The summed E-state index contributed by atoms with van der Waals surface area (Å²) in [5.74, 6) is -0.885. The Morgan fingerprint density at radius 2 is 2.00 bits per heavy atom. The molecule has 1 aromatic heterocycles. The molecule has 0 bridgehead atoms. The standard InChI is InChI=1S/C20H23N3O4S/c1-4-27-20(26)23-8-7-14-15(10-23)28-19(16(14)17(21)24)22-18(25)13-6-5-11(2)12(3)9-13/h5-6,9H,4,7-8,10H2,1-3H3,(H2,21,24)(H,22,25). The lowest BCUT2D eigenvalue weighted by Crippen LogP contribution is -2.36. The minimum Gasteiger partial charge on any atom is -0.450 e. The van der Waals surface area contributed by atoms with Gasteiger partial charge in [0.15, 0.2) is 0 Å². The summed E-state index contributed by atoms with van der Waals surface area (Å²) in [5, 5.41) is 3.25. The Morgan fingerprint density at radius 3 is 2.64 bits per heavy atom. The molecule has 0 fully saturated rings. The van der Waals surface area contributed by atoms with Crippen molar-refractivity contribution in [2.75, 3.05) is 18.5 Å². The van der Waals surface area contributed by atoms with Gasteiger partial charge in [-0.05, 0) is 56.0 Å². The van der Waals surface area contributed by atoms with Gasteiger partial charge in [-0.1, -0.05) is 6.07 Å². The molecule has 3 amide bonds. The van der Waals surface area contributed by atoms with Crippen molar-refractivity contribution < 1.29 is 19.1 Å². The van der Waals surface area contributed by atoms with Gasteiger partial charge in [0.1, 0.15) is 5.00 Å². The van der Waals surface area contributed by atoms with Gasteiger partial charge >= 0.3 is 6.09 Å². The van der Waals surface area contributed by atoms with Gasteiger partial charge in [-0.15, -0.1) is 11.3 Å². The van der Waals surface area contributed by atoms with Crippen molar-refractivity contribution >= 4 is 34.2 Å². The third-order valence-electron chi connectivity index (χ3n) is 4.83. The smallest absolute Gasteiger partial charge is 0.410 e. The van der Waals surface area contributed by atoms with Crippen LogP contribution >= 0.6 is 11.3 Å². The van der Waals surface area contributed by atoms with E-state index in [0.29, 0.717) is 42.2 Å². The second kappa shape index (κ2) is 8.02. The van der Waals surface area contributed by atoms with E-state index in [1.165, 1.54) is 11.3 Å². The van der Waals surface area contributed by atoms with Crippen LogP contribution in [0, 0.1) is 13.8 Å². The Morgan fingerprint density at radius 1 is 1.25 bits per heavy atom. The van der Waals surface area contributed by atoms with Gasteiger partial charge in [-0.3, -0.25) is 9.59 Å². The number of hydrogen-bond donors (Lipinski definition) is 2. The van der Waals surface area contributed by atoms with Crippen LogP contribution in [0.4, 0.5) is 9.80 Å². The highest BCUT2D eigenvalue weighted by Gasteiger charge is 2.30. The van der Waals surface area contributed by atoms with Crippen LogP contribution in [0.1, 0.15) is 49.2 Å². The zero-order valence-corrected chi connectivity index (χ0v) is 16.9. The van der Waals surface area contributed by atoms with Crippen molar-refractivity contribution in [2.24, 2.45) is 5.73 Å². The number of rotatable bonds is 4. The molecule has 7 nitrogen and oxygen atoms in total. The number of nitrogens with zero attached hydrogens (tertiary/aromatic N) is 1. The molecule has 0 radical (unpaired) electrons. The molecular formula is C20H23N3O4S. The number of benzene rings is 1. The van der Waals surface area contributed by atoms with Crippen LogP contribution in [-0.4, -0.2) is 36.0 Å². The van der Waals surface area contributed by atoms with Gasteiger partial charge in [-0.2, -0.15) is 0 Å². The summed E-state index contributed by atoms with van der Waals surface area (Å²) < 4.78 is 5.05. The number of fused-ring (bicyclic) bond motifs is 1. The number of amides is 3. The van der Waals surface area contributed by atoms with Crippen LogP contribution in [0.25, 0.3) is 0 Å². The largest absolute Gasteiger partial charge is 0.450 e. The van der Waals surface area contributed by atoms with Gasteiger partial charge in [0.2, 0.25) is 0 Å². The molecule has 0 aliphatic carbocycles. The van der Waals surface area contributed by atoms with Gasteiger partial charge < -0.3 is 20.7 Å². The average Bonchev–Trinajstić information content (AvgIpc) is 3.01. The summed E-state index contributed by atoms with van der Waals surface area (Å²) in [7, 11) is 0. The van der Waals surface area contributed by atoms with Crippen LogP contribution in [0.3, 0.4) is 0 Å². The minimum absolute atomic E-state index is 0.300. The molecule has 2 aromatic rings. The number of carbonyl (C=O) groups excluding carboxylic acids is 3. The maximum atomic E-state index is 12.7. The van der Waals surface area contributed by atoms with E-state index in [1.807, 2.05) is 26.0 Å². The second-order valence-electron chi connectivity index (χ2n) is 6.70. The molecule has 1 aliphatic rings. The van der Waals surface area contributed by atoms with Crippen molar-refractivity contribution in [3.63, 3.8) is 0 Å². The fourth-order valence-electron chi connectivity index (χ4n) is 3.18. The number of thiophene rings is 1. The maximum Gasteiger partial charge on any atom is 0.410 e. The number of nitrogens with two attached hydrogens (primary N) is 1. The lowest BCUT2D eigenvalue weighted by atomic mass is 10.0. The molecule has 148 valence electrons. The van der Waals surface area contributed by atoms with Crippen LogP contribution in [0.15, 0.2) is 18.2 Å². The molecule has 3 rings (SSSR count). The zero-order valence-electron chi connectivity index (χ0n) is 16.1. The summed E-state index contributed by atoms with van der Waals surface area (Å²) in [4.78, 5) is 39.2. The van der Waals surface area contributed by atoms with E-state index in [-0.39, 0.29) is 12.0 Å². The molecule has 2 heterocycles. The molecule has 0 saturated heterocycles. The predicted molar refractivity (Wildman–Crippen MR) is 108 cm³/mol. The number of nitrogens with one attached hydrogen (secondary N) is 1. The van der Waals surface area contributed by atoms with Gasteiger partial charge in [-0.25, -0.2) is 4.79 Å². The topological polar surface area (TPSA) is 102 Å². The number of carbonyl (C=O) groups is 3. The summed E-state index contributed by atoms with van der Waals surface area (Å²) in [6.07, 6.45) is 0.102. The van der Waals surface area contributed by atoms with Crippen molar-refractivity contribution in [3.8, 4) is 0 Å². The Balaban J connectivity index is 1.88. The molecule has 3 N–H and O–H groups in total. The third kappa shape index (κ3) is 3.87. The molecular weight excluding hydrogens is 378 g/mol. The molecule has 28 heavy (non-hydrogen) atoms. The van der Waals surface area contributed by atoms with Crippen LogP contribution in [0.5, 0.6) is 0 Å². The average molecular weight is 401 g/mol.